The molecule has 0 fully saturated rings. The van der Waals surface area contributed by atoms with Gasteiger partial charge in [0.05, 0.1) is 4.75 Å². The minimum Gasteiger partial charge on any atom is -0.215 e. The molecule has 0 amide bonds. The van der Waals surface area contributed by atoms with E-state index in [1.165, 1.54) is 0 Å². The first-order valence-electron chi connectivity index (χ1n) is 5.55. The Labute approximate surface area is 94.7 Å². The summed E-state index contributed by atoms with van der Waals surface area (Å²) in [7, 11) is -3.24. The molecule has 0 aliphatic rings. The standard InChI is InChI=1S/C11H25NO2S/c1-7-8-9-12-15(13,14)11(5,6)10(2,3)4/h12H,7-9H2,1-6H3. The van der Waals surface area contributed by atoms with E-state index in [4.69, 9.17) is 0 Å². The Kier molecular flexibility index (Phi) is 4.80. The molecule has 0 spiro atoms. The van der Waals surface area contributed by atoms with Gasteiger partial charge in [0, 0.05) is 6.54 Å². The highest BCUT2D eigenvalue weighted by Crippen LogP contribution is 2.35. The molecule has 0 saturated carbocycles. The van der Waals surface area contributed by atoms with E-state index in [1.807, 2.05) is 27.7 Å². The Balaban J connectivity index is 4.73. The zero-order chi connectivity index (χ0) is 12.3. The smallest absolute Gasteiger partial charge is 0.215 e. The fourth-order valence-electron chi connectivity index (χ4n) is 0.967. The van der Waals surface area contributed by atoms with Crippen molar-refractivity contribution in [1.82, 2.24) is 4.72 Å². The second kappa shape index (κ2) is 4.83. The van der Waals surface area contributed by atoms with Crippen molar-refractivity contribution in [2.45, 2.75) is 59.1 Å². The summed E-state index contributed by atoms with van der Waals surface area (Å²) in [5, 5.41) is 0. The zero-order valence-corrected chi connectivity index (χ0v) is 11.7. The van der Waals surface area contributed by atoms with Gasteiger partial charge in [-0.05, 0) is 25.7 Å². The van der Waals surface area contributed by atoms with Crippen molar-refractivity contribution in [3.8, 4) is 0 Å². The average molecular weight is 235 g/mol. The maximum atomic E-state index is 12.1. The van der Waals surface area contributed by atoms with Crippen molar-refractivity contribution in [3.05, 3.63) is 0 Å². The highest BCUT2D eigenvalue weighted by Gasteiger charge is 2.44. The third-order valence-electron chi connectivity index (χ3n) is 3.30. The Bertz CT molecular complexity index is 286. The molecule has 0 aromatic rings. The normalized spacial score (nSPS) is 14.3. The highest BCUT2D eigenvalue weighted by atomic mass is 32.2. The van der Waals surface area contributed by atoms with E-state index in [2.05, 4.69) is 4.72 Å². The van der Waals surface area contributed by atoms with Crippen molar-refractivity contribution < 1.29 is 8.42 Å². The van der Waals surface area contributed by atoms with Crippen LogP contribution in [-0.2, 0) is 10.0 Å². The van der Waals surface area contributed by atoms with Crippen LogP contribution in [0.15, 0.2) is 0 Å². The molecule has 0 rings (SSSR count). The molecule has 0 radical (unpaired) electrons. The monoisotopic (exact) mass is 235 g/mol. The molecule has 0 saturated heterocycles. The summed E-state index contributed by atoms with van der Waals surface area (Å²) in [5.74, 6) is 0. The zero-order valence-electron chi connectivity index (χ0n) is 10.8. The lowest BCUT2D eigenvalue weighted by Gasteiger charge is -2.37. The van der Waals surface area contributed by atoms with Gasteiger partial charge in [0.1, 0.15) is 0 Å². The maximum absolute atomic E-state index is 12.1. The van der Waals surface area contributed by atoms with Gasteiger partial charge in [0.15, 0.2) is 0 Å². The van der Waals surface area contributed by atoms with Gasteiger partial charge in [-0.15, -0.1) is 0 Å². The number of rotatable bonds is 5. The first kappa shape index (κ1) is 14.9. The van der Waals surface area contributed by atoms with Crippen LogP contribution in [0.5, 0.6) is 0 Å². The Morgan fingerprint density at radius 1 is 1.07 bits per heavy atom. The summed E-state index contributed by atoms with van der Waals surface area (Å²) in [6, 6.07) is 0. The second-order valence-corrected chi connectivity index (χ2v) is 7.83. The van der Waals surface area contributed by atoms with Gasteiger partial charge in [0.2, 0.25) is 10.0 Å². The molecular weight excluding hydrogens is 210 g/mol. The maximum Gasteiger partial charge on any atom is 0.217 e. The van der Waals surface area contributed by atoms with Gasteiger partial charge in [-0.3, -0.25) is 0 Å². The Morgan fingerprint density at radius 3 is 1.87 bits per heavy atom. The molecule has 0 bridgehead atoms. The van der Waals surface area contributed by atoms with Crippen molar-refractivity contribution in [2.75, 3.05) is 6.54 Å². The van der Waals surface area contributed by atoms with Gasteiger partial charge in [-0.25, -0.2) is 13.1 Å². The van der Waals surface area contributed by atoms with Crippen molar-refractivity contribution in [1.29, 1.82) is 0 Å². The topological polar surface area (TPSA) is 46.2 Å². The summed E-state index contributed by atoms with van der Waals surface area (Å²) in [5.41, 5.74) is -0.273. The van der Waals surface area contributed by atoms with Crippen LogP contribution in [0.1, 0.15) is 54.4 Å². The molecule has 0 aliphatic carbocycles. The number of hydrogen-bond donors (Lipinski definition) is 1. The minimum atomic E-state index is -3.24. The van der Waals surface area contributed by atoms with Crippen molar-refractivity contribution in [2.24, 2.45) is 5.41 Å². The number of nitrogens with one attached hydrogen (secondary N) is 1. The molecule has 0 aromatic carbocycles. The highest BCUT2D eigenvalue weighted by molar-refractivity contribution is 7.90. The Hall–Kier alpha value is -0.0900. The third-order valence-corrected chi connectivity index (χ3v) is 5.84. The molecule has 0 unspecified atom stereocenters. The van der Waals surface area contributed by atoms with Gasteiger partial charge in [0.25, 0.3) is 0 Å². The fourth-order valence-corrected chi connectivity index (χ4v) is 2.55. The van der Waals surface area contributed by atoms with Crippen LogP contribution in [0.4, 0.5) is 0 Å². The Morgan fingerprint density at radius 2 is 1.53 bits per heavy atom. The SMILES string of the molecule is CCCCNS(=O)(=O)C(C)(C)C(C)(C)C. The predicted molar refractivity (Wildman–Crippen MR) is 65.4 cm³/mol. The first-order valence-corrected chi connectivity index (χ1v) is 7.04. The van der Waals surface area contributed by atoms with Crippen LogP contribution < -0.4 is 4.72 Å². The summed E-state index contributed by atoms with van der Waals surface area (Å²) in [6.07, 6.45) is 1.89. The van der Waals surface area contributed by atoms with Crippen LogP contribution >= 0.6 is 0 Å². The molecule has 3 nitrogen and oxygen atoms in total. The second-order valence-electron chi connectivity index (χ2n) is 5.51. The van der Waals surface area contributed by atoms with E-state index in [-0.39, 0.29) is 5.41 Å². The van der Waals surface area contributed by atoms with E-state index in [1.54, 1.807) is 13.8 Å². The van der Waals surface area contributed by atoms with Crippen LogP contribution in [0, 0.1) is 5.41 Å². The minimum absolute atomic E-state index is 0.273. The number of sulfonamides is 1. The lowest BCUT2D eigenvalue weighted by atomic mass is 9.83. The van der Waals surface area contributed by atoms with Crippen LogP contribution in [-0.4, -0.2) is 19.7 Å². The largest absolute Gasteiger partial charge is 0.217 e. The van der Waals surface area contributed by atoms with Gasteiger partial charge < -0.3 is 0 Å². The molecule has 0 atom stereocenters. The number of hydrogen-bond acceptors (Lipinski definition) is 2. The quantitative estimate of drug-likeness (QED) is 0.744. The molecular formula is C11H25NO2S. The molecule has 92 valence electrons. The number of unbranched alkanes of at least 4 members (excludes halogenated alkanes) is 1. The molecule has 0 aromatic heterocycles. The van der Waals surface area contributed by atoms with Crippen LogP contribution in [0.2, 0.25) is 0 Å². The molecule has 0 heterocycles. The van der Waals surface area contributed by atoms with E-state index in [0.717, 1.165) is 12.8 Å². The van der Waals surface area contributed by atoms with Crippen LogP contribution in [0.3, 0.4) is 0 Å². The van der Waals surface area contributed by atoms with E-state index in [9.17, 15) is 8.42 Å². The van der Waals surface area contributed by atoms with Crippen molar-refractivity contribution >= 4 is 10.0 Å². The lowest BCUT2D eigenvalue weighted by Crippen LogP contribution is -2.50. The van der Waals surface area contributed by atoms with Gasteiger partial charge >= 0.3 is 0 Å². The summed E-state index contributed by atoms with van der Waals surface area (Å²) >= 11 is 0. The molecule has 1 N–H and O–H groups in total. The fraction of sp³-hybridized carbons (Fsp3) is 1.00. The summed E-state index contributed by atoms with van der Waals surface area (Å²) in [4.78, 5) is 0. The van der Waals surface area contributed by atoms with E-state index in [0.29, 0.717) is 6.54 Å². The molecule has 0 aliphatic heterocycles. The first-order chi connectivity index (χ1) is 6.56. The predicted octanol–water partition coefficient (Wildman–Crippen LogP) is 2.53. The lowest BCUT2D eigenvalue weighted by molar-refractivity contribution is 0.299. The van der Waals surface area contributed by atoms with Crippen LogP contribution in [0.25, 0.3) is 0 Å². The van der Waals surface area contributed by atoms with E-state index >= 15 is 0 Å². The van der Waals surface area contributed by atoms with Gasteiger partial charge in [-0.1, -0.05) is 34.1 Å². The van der Waals surface area contributed by atoms with E-state index < -0.39 is 14.8 Å². The third kappa shape index (κ3) is 3.45. The van der Waals surface area contributed by atoms with Crippen molar-refractivity contribution in [3.63, 3.8) is 0 Å². The summed E-state index contributed by atoms with van der Waals surface area (Å²) in [6.45, 7) is 12.0. The molecule has 15 heavy (non-hydrogen) atoms. The average Bonchev–Trinajstić information content (AvgIpc) is 2.02. The molecule has 4 heteroatoms. The summed E-state index contributed by atoms with van der Waals surface area (Å²) < 4.78 is 26.0. The van der Waals surface area contributed by atoms with Gasteiger partial charge in [-0.2, -0.15) is 0 Å².